The Morgan fingerprint density at radius 1 is 1.58 bits per heavy atom. The van der Waals surface area contributed by atoms with E-state index in [0.717, 1.165) is 5.69 Å². The van der Waals surface area contributed by atoms with Gasteiger partial charge in [0.15, 0.2) is 0 Å². The summed E-state index contributed by atoms with van der Waals surface area (Å²) >= 11 is 0. The second-order valence-corrected chi connectivity index (χ2v) is 3.97. The van der Waals surface area contributed by atoms with Gasteiger partial charge in [-0.25, -0.2) is 4.98 Å². The fourth-order valence-electron chi connectivity index (χ4n) is 1.69. The van der Waals surface area contributed by atoms with Gasteiger partial charge in [0.2, 0.25) is 0 Å². The van der Waals surface area contributed by atoms with Crippen molar-refractivity contribution in [2.75, 3.05) is 19.0 Å². The summed E-state index contributed by atoms with van der Waals surface area (Å²) in [4.78, 5) is 15.8. The molecule has 6 heteroatoms. The Hall–Kier alpha value is -2.18. The third kappa shape index (κ3) is 3.18. The zero-order chi connectivity index (χ0) is 13.7. The Morgan fingerprint density at radius 2 is 2.42 bits per heavy atom. The number of imidazole rings is 1. The summed E-state index contributed by atoms with van der Waals surface area (Å²) in [5, 5.41) is 2.77. The molecule has 2 aromatic rings. The van der Waals surface area contributed by atoms with Crippen LogP contribution in [0.2, 0.25) is 0 Å². The number of benzene rings is 1. The average Bonchev–Trinajstić information content (AvgIpc) is 2.94. The van der Waals surface area contributed by atoms with Crippen LogP contribution in [0.3, 0.4) is 0 Å². The second-order valence-electron chi connectivity index (χ2n) is 3.97. The van der Waals surface area contributed by atoms with Gasteiger partial charge in [0.25, 0.3) is 5.91 Å². The minimum Gasteiger partial charge on any atom is -0.370 e. The molecule has 19 heavy (non-hydrogen) atoms. The monoisotopic (exact) mass is 260 g/mol. The van der Waals surface area contributed by atoms with Crippen LogP contribution in [0, 0.1) is 0 Å². The SMILES string of the molecule is COC(CN)C(=O)Nc1cccc(-n2ccnc2)c1. The van der Waals surface area contributed by atoms with Crippen LogP contribution in [-0.4, -0.2) is 35.2 Å². The Labute approximate surface area is 111 Å². The lowest BCUT2D eigenvalue weighted by atomic mass is 10.2. The van der Waals surface area contributed by atoms with Gasteiger partial charge in [-0.2, -0.15) is 0 Å². The molecule has 3 N–H and O–H groups in total. The summed E-state index contributed by atoms with van der Waals surface area (Å²) in [7, 11) is 1.46. The number of nitrogens with two attached hydrogens (primary N) is 1. The fraction of sp³-hybridized carbons (Fsp3) is 0.231. The van der Waals surface area contributed by atoms with Crippen molar-refractivity contribution in [2.24, 2.45) is 5.73 Å². The van der Waals surface area contributed by atoms with E-state index in [2.05, 4.69) is 10.3 Å². The van der Waals surface area contributed by atoms with Crippen molar-refractivity contribution < 1.29 is 9.53 Å². The number of carbonyl (C=O) groups is 1. The number of aromatic nitrogens is 2. The number of hydrogen-bond acceptors (Lipinski definition) is 4. The molecule has 1 aromatic carbocycles. The van der Waals surface area contributed by atoms with E-state index in [-0.39, 0.29) is 12.5 Å². The molecule has 0 aliphatic carbocycles. The van der Waals surface area contributed by atoms with Gasteiger partial charge in [0, 0.05) is 37.4 Å². The summed E-state index contributed by atoms with van der Waals surface area (Å²) < 4.78 is 6.84. The molecule has 2 rings (SSSR count). The number of methoxy groups -OCH3 is 1. The topological polar surface area (TPSA) is 82.2 Å². The van der Waals surface area contributed by atoms with Crippen molar-refractivity contribution in [3.8, 4) is 5.69 Å². The van der Waals surface area contributed by atoms with Crippen molar-refractivity contribution in [1.29, 1.82) is 0 Å². The van der Waals surface area contributed by atoms with Crippen LogP contribution >= 0.6 is 0 Å². The van der Waals surface area contributed by atoms with Gasteiger partial charge in [-0.05, 0) is 18.2 Å². The van der Waals surface area contributed by atoms with Gasteiger partial charge in [-0.3, -0.25) is 4.79 Å². The molecule has 1 atom stereocenters. The molecule has 0 bridgehead atoms. The summed E-state index contributed by atoms with van der Waals surface area (Å²) in [6.45, 7) is 0.142. The lowest BCUT2D eigenvalue weighted by Gasteiger charge is -2.13. The van der Waals surface area contributed by atoms with Crippen molar-refractivity contribution in [1.82, 2.24) is 9.55 Å². The highest BCUT2D eigenvalue weighted by Gasteiger charge is 2.15. The number of carbonyl (C=O) groups excluding carboxylic acids is 1. The van der Waals surface area contributed by atoms with Gasteiger partial charge < -0.3 is 20.4 Å². The first-order chi connectivity index (χ1) is 9.24. The van der Waals surface area contributed by atoms with Crippen molar-refractivity contribution in [2.45, 2.75) is 6.10 Å². The molecule has 0 aliphatic rings. The standard InChI is InChI=1S/C13H16N4O2/c1-19-12(8-14)13(18)16-10-3-2-4-11(7-10)17-6-5-15-9-17/h2-7,9,12H,8,14H2,1H3,(H,16,18). The molecule has 1 heterocycles. The highest BCUT2D eigenvalue weighted by molar-refractivity contribution is 5.94. The van der Waals surface area contributed by atoms with Gasteiger partial charge in [0.05, 0.1) is 6.33 Å². The predicted molar refractivity (Wildman–Crippen MR) is 72.0 cm³/mol. The van der Waals surface area contributed by atoms with Crippen molar-refractivity contribution >= 4 is 11.6 Å². The number of rotatable bonds is 5. The van der Waals surface area contributed by atoms with E-state index in [1.165, 1.54) is 7.11 Å². The number of nitrogens with zero attached hydrogens (tertiary/aromatic N) is 2. The Balaban J connectivity index is 2.14. The Kier molecular flexibility index (Phi) is 4.27. The first-order valence-corrected chi connectivity index (χ1v) is 5.86. The molecular weight excluding hydrogens is 244 g/mol. The van der Waals surface area contributed by atoms with Crippen LogP contribution in [0.4, 0.5) is 5.69 Å². The molecule has 1 unspecified atom stereocenters. The third-order valence-electron chi connectivity index (χ3n) is 2.71. The van der Waals surface area contributed by atoms with Gasteiger partial charge in [-0.1, -0.05) is 6.07 Å². The smallest absolute Gasteiger partial charge is 0.254 e. The van der Waals surface area contributed by atoms with Crippen LogP contribution < -0.4 is 11.1 Å². The lowest BCUT2D eigenvalue weighted by molar-refractivity contribution is -0.125. The number of hydrogen-bond donors (Lipinski definition) is 2. The highest BCUT2D eigenvalue weighted by Crippen LogP contribution is 2.14. The molecule has 6 nitrogen and oxygen atoms in total. The maximum atomic E-state index is 11.8. The fourth-order valence-corrected chi connectivity index (χ4v) is 1.69. The van der Waals surface area contributed by atoms with E-state index in [4.69, 9.17) is 10.5 Å². The van der Waals surface area contributed by atoms with Crippen molar-refractivity contribution in [3.63, 3.8) is 0 Å². The normalized spacial score (nSPS) is 12.1. The van der Waals surface area contributed by atoms with Crippen LogP contribution in [0.15, 0.2) is 43.0 Å². The molecule has 100 valence electrons. The largest absolute Gasteiger partial charge is 0.370 e. The molecule has 0 radical (unpaired) electrons. The molecule has 0 spiro atoms. The van der Waals surface area contributed by atoms with E-state index in [1.54, 1.807) is 12.5 Å². The maximum Gasteiger partial charge on any atom is 0.254 e. The number of amides is 1. The minimum atomic E-state index is -0.642. The first-order valence-electron chi connectivity index (χ1n) is 5.86. The summed E-state index contributed by atoms with van der Waals surface area (Å²) in [6.07, 6.45) is 4.58. The molecule has 0 fully saturated rings. The van der Waals surface area contributed by atoms with Crippen LogP contribution in [0.1, 0.15) is 0 Å². The maximum absolute atomic E-state index is 11.8. The number of nitrogens with one attached hydrogen (secondary N) is 1. The molecular formula is C13H16N4O2. The molecule has 0 saturated carbocycles. The van der Waals surface area contributed by atoms with Crippen LogP contribution in [0.5, 0.6) is 0 Å². The van der Waals surface area contributed by atoms with Gasteiger partial charge >= 0.3 is 0 Å². The minimum absolute atomic E-state index is 0.142. The average molecular weight is 260 g/mol. The molecule has 0 saturated heterocycles. The zero-order valence-corrected chi connectivity index (χ0v) is 10.6. The summed E-state index contributed by atoms with van der Waals surface area (Å²) in [6, 6.07) is 7.44. The summed E-state index contributed by atoms with van der Waals surface area (Å²) in [5.74, 6) is -0.257. The highest BCUT2D eigenvalue weighted by atomic mass is 16.5. The van der Waals surface area contributed by atoms with Crippen LogP contribution in [-0.2, 0) is 9.53 Å². The van der Waals surface area contributed by atoms with Crippen molar-refractivity contribution in [3.05, 3.63) is 43.0 Å². The van der Waals surface area contributed by atoms with E-state index < -0.39 is 6.10 Å². The first kappa shape index (κ1) is 13.3. The zero-order valence-electron chi connectivity index (χ0n) is 10.6. The predicted octanol–water partition coefficient (Wildman–Crippen LogP) is 0.784. The van der Waals surface area contributed by atoms with Crippen LogP contribution in [0.25, 0.3) is 5.69 Å². The second kappa shape index (κ2) is 6.12. The van der Waals surface area contributed by atoms with Gasteiger partial charge in [-0.15, -0.1) is 0 Å². The van der Waals surface area contributed by atoms with E-state index in [1.807, 2.05) is 35.0 Å². The molecule has 0 aliphatic heterocycles. The quantitative estimate of drug-likeness (QED) is 0.832. The van der Waals surface area contributed by atoms with E-state index >= 15 is 0 Å². The van der Waals surface area contributed by atoms with E-state index in [0.29, 0.717) is 5.69 Å². The molecule has 1 aromatic heterocycles. The molecule has 1 amide bonds. The Morgan fingerprint density at radius 3 is 3.05 bits per heavy atom. The summed E-state index contributed by atoms with van der Waals surface area (Å²) in [5.41, 5.74) is 7.05. The third-order valence-corrected chi connectivity index (χ3v) is 2.71. The lowest BCUT2D eigenvalue weighted by Crippen LogP contribution is -2.35. The Bertz CT molecular complexity index is 535. The van der Waals surface area contributed by atoms with E-state index in [9.17, 15) is 4.79 Å². The number of ether oxygens (including phenoxy) is 1. The number of anilines is 1. The van der Waals surface area contributed by atoms with Gasteiger partial charge in [0.1, 0.15) is 6.10 Å².